The number of hydrogen-bond acceptors (Lipinski definition) is 2. The molecule has 2 aliphatic heterocycles. The van der Waals surface area contributed by atoms with Gasteiger partial charge in [0, 0.05) is 25.4 Å². The molecule has 0 unspecified atom stereocenters. The molecule has 4 rings (SSSR count). The number of benzene rings is 2. The van der Waals surface area contributed by atoms with E-state index in [1.54, 1.807) is 0 Å². The summed E-state index contributed by atoms with van der Waals surface area (Å²) >= 11 is 0. The van der Waals surface area contributed by atoms with Crippen molar-refractivity contribution in [3.8, 4) is 0 Å². The van der Waals surface area contributed by atoms with Crippen molar-refractivity contribution in [1.82, 2.24) is 9.80 Å². The van der Waals surface area contributed by atoms with Crippen molar-refractivity contribution in [1.29, 1.82) is 0 Å². The van der Waals surface area contributed by atoms with Crippen molar-refractivity contribution >= 4 is 5.91 Å². The molecule has 1 amide bonds. The van der Waals surface area contributed by atoms with Crippen LogP contribution in [0.4, 0.5) is 0 Å². The van der Waals surface area contributed by atoms with E-state index in [0.29, 0.717) is 24.8 Å². The molecule has 0 aliphatic carbocycles. The first-order valence-corrected chi connectivity index (χ1v) is 9.92. The second kappa shape index (κ2) is 8.05. The van der Waals surface area contributed by atoms with Gasteiger partial charge < -0.3 is 9.80 Å². The fourth-order valence-electron chi connectivity index (χ4n) is 4.57. The summed E-state index contributed by atoms with van der Waals surface area (Å²) in [6.07, 6.45) is 4.61. The van der Waals surface area contributed by atoms with Gasteiger partial charge in [-0.2, -0.15) is 0 Å². The van der Waals surface area contributed by atoms with Crippen molar-refractivity contribution < 1.29 is 4.79 Å². The molecule has 26 heavy (non-hydrogen) atoms. The Kier molecular flexibility index (Phi) is 5.35. The molecule has 2 fully saturated rings. The fraction of sp³-hybridized carbons (Fsp3) is 0.435. The molecule has 0 bridgehead atoms. The van der Waals surface area contributed by atoms with Gasteiger partial charge in [-0.3, -0.25) is 4.79 Å². The van der Waals surface area contributed by atoms with E-state index in [-0.39, 0.29) is 6.04 Å². The van der Waals surface area contributed by atoms with Crippen LogP contribution in [0.1, 0.15) is 42.9 Å². The average Bonchev–Trinajstić information content (AvgIpc) is 2.99. The van der Waals surface area contributed by atoms with Gasteiger partial charge in [-0.25, -0.2) is 0 Å². The predicted molar refractivity (Wildman–Crippen MR) is 105 cm³/mol. The summed E-state index contributed by atoms with van der Waals surface area (Å²) in [4.78, 5) is 17.6. The van der Waals surface area contributed by atoms with E-state index in [9.17, 15) is 4.79 Å². The summed E-state index contributed by atoms with van der Waals surface area (Å²) in [6, 6.07) is 21.2. The quantitative estimate of drug-likeness (QED) is 0.806. The molecular weight excluding hydrogens is 320 g/mol. The number of hydrogen-bond donors (Lipinski definition) is 0. The maximum Gasteiger partial charge on any atom is 0.223 e. The third kappa shape index (κ3) is 3.83. The molecule has 0 radical (unpaired) electrons. The van der Waals surface area contributed by atoms with Gasteiger partial charge in [-0.15, -0.1) is 0 Å². The third-order valence-electron chi connectivity index (χ3n) is 5.82. The van der Waals surface area contributed by atoms with Crippen LogP contribution in [0.2, 0.25) is 0 Å². The number of piperidine rings is 1. The summed E-state index contributed by atoms with van der Waals surface area (Å²) < 4.78 is 0. The van der Waals surface area contributed by atoms with E-state index >= 15 is 0 Å². The fourth-order valence-corrected chi connectivity index (χ4v) is 4.57. The number of nitrogens with zero attached hydrogens (tertiary/aromatic N) is 2. The van der Waals surface area contributed by atoms with Gasteiger partial charge in [-0.05, 0) is 37.1 Å². The standard InChI is InChI=1S/C23H28N2O/c26-22-16-21(18-24-14-8-3-9-15-24)23(20-12-6-2-7-13-20)25(22)17-19-10-4-1-5-11-19/h1-2,4-7,10-13,21,23H,3,8-9,14-18H2/t21-,23-/m0/s1. The summed E-state index contributed by atoms with van der Waals surface area (Å²) in [5.41, 5.74) is 2.48. The van der Waals surface area contributed by atoms with E-state index in [1.807, 2.05) is 6.07 Å². The lowest BCUT2D eigenvalue weighted by atomic mass is 9.92. The topological polar surface area (TPSA) is 23.6 Å². The second-order valence-corrected chi connectivity index (χ2v) is 7.69. The summed E-state index contributed by atoms with van der Waals surface area (Å²) in [5.74, 6) is 0.677. The predicted octanol–water partition coefficient (Wildman–Crippen LogP) is 4.26. The number of rotatable bonds is 5. The molecule has 2 atom stereocenters. The molecule has 136 valence electrons. The van der Waals surface area contributed by atoms with Gasteiger partial charge >= 0.3 is 0 Å². The van der Waals surface area contributed by atoms with Gasteiger partial charge in [0.2, 0.25) is 5.91 Å². The Labute approximate surface area is 156 Å². The van der Waals surface area contributed by atoms with E-state index in [1.165, 1.54) is 43.5 Å². The lowest BCUT2D eigenvalue weighted by molar-refractivity contribution is -0.129. The highest BCUT2D eigenvalue weighted by molar-refractivity contribution is 5.79. The second-order valence-electron chi connectivity index (χ2n) is 7.69. The summed E-state index contributed by atoms with van der Waals surface area (Å²) in [6.45, 7) is 4.11. The lowest BCUT2D eigenvalue weighted by Gasteiger charge is -2.33. The molecule has 0 saturated carbocycles. The van der Waals surface area contributed by atoms with Gasteiger partial charge in [0.05, 0.1) is 6.04 Å². The highest BCUT2D eigenvalue weighted by Crippen LogP contribution is 2.39. The first-order chi connectivity index (χ1) is 12.8. The molecule has 3 nitrogen and oxygen atoms in total. The first kappa shape index (κ1) is 17.3. The van der Waals surface area contributed by atoms with Crippen molar-refractivity contribution in [2.75, 3.05) is 19.6 Å². The molecule has 3 heteroatoms. The Morgan fingerprint density at radius 1 is 0.846 bits per heavy atom. The van der Waals surface area contributed by atoms with Crippen LogP contribution in [-0.2, 0) is 11.3 Å². The smallest absolute Gasteiger partial charge is 0.223 e. The Balaban J connectivity index is 1.58. The Morgan fingerprint density at radius 3 is 2.19 bits per heavy atom. The third-order valence-corrected chi connectivity index (χ3v) is 5.82. The molecular formula is C23H28N2O. The van der Waals surface area contributed by atoms with Crippen LogP contribution >= 0.6 is 0 Å². The number of carbonyl (C=O) groups is 1. The van der Waals surface area contributed by atoms with Crippen LogP contribution in [0.25, 0.3) is 0 Å². The molecule has 0 aromatic heterocycles. The molecule has 2 aliphatic rings. The molecule has 2 aromatic rings. The maximum atomic E-state index is 12.9. The molecule has 0 N–H and O–H groups in total. The lowest BCUT2D eigenvalue weighted by Crippen LogP contribution is -2.36. The van der Waals surface area contributed by atoms with Crippen LogP contribution in [0.3, 0.4) is 0 Å². The van der Waals surface area contributed by atoms with Crippen molar-refractivity contribution in [2.45, 2.75) is 38.3 Å². The van der Waals surface area contributed by atoms with Gasteiger partial charge in [0.25, 0.3) is 0 Å². The van der Waals surface area contributed by atoms with Gasteiger partial charge in [0.1, 0.15) is 0 Å². The normalized spacial score (nSPS) is 24.2. The van der Waals surface area contributed by atoms with Crippen molar-refractivity contribution in [3.63, 3.8) is 0 Å². The SMILES string of the molecule is O=C1C[C@@H](CN2CCCCC2)[C@H](c2ccccc2)N1Cc1ccccc1. The Hall–Kier alpha value is -2.13. The minimum atomic E-state index is 0.186. The Morgan fingerprint density at radius 2 is 1.50 bits per heavy atom. The minimum absolute atomic E-state index is 0.186. The molecule has 2 heterocycles. The van der Waals surface area contributed by atoms with Crippen molar-refractivity contribution in [2.24, 2.45) is 5.92 Å². The number of carbonyl (C=O) groups excluding carboxylic acids is 1. The number of likely N-dealkylation sites (tertiary alicyclic amines) is 2. The zero-order chi connectivity index (χ0) is 17.8. The van der Waals surface area contributed by atoms with Crippen LogP contribution in [-0.4, -0.2) is 35.3 Å². The van der Waals surface area contributed by atoms with E-state index < -0.39 is 0 Å². The van der Waals surface area contributed by atoms with Crippen LogP contribution in [0.15, 0.2) is 60.7 Å². The highest BCUT2D eigenvalue weighted by atomic mass is 16.2. The monoisotopic (exact) mass is 348 g/mol. The van der Waals surface area contributed by atoms with E-state index in [2.05, 4.69) is 64.4 Å². The largest absolute Gasteiger partial charge is 0.331 e. The first-order valence-electron chi connectivity index (χ1n) is 9.92. The molecule has 2 saturated heterocycles. The number of amides is 1. The van der Waals surface area contributed by atoms with Gasteiger partial charge in [-0.1, -0.05) is 67.1 Å². The van der Waals surface area contributed by atoms with E-state index in [4.69, 9.17) is 0 Å². The minimum Gasteiger partial charge on any atom is -0.331 e. The highest BCUT2D eigenvalue weighted by Gasteiger charge is 2.41. The van der Waals surface area contributed by atoms with Crippen LogP contribution < -0.4 is 0 Å². The molecule has 0 spiro atoms. The Bertz CT molecular complexity index is 710. The van der Waals surface area contributed by atoms with Crippen LogP contribution in [0.5, 0.6) is 0 Å². The summed E-state index contributed by atoms with van der Waals surface area (Å²) in [5, 5.41) is 0. The zero-order valence-corrected chi connectivity index (χ0v) is 15.4. The summed E-state index contributed by atoms with van der Waals surface area (Å²) in [7, 11) is 0. The van der Waals surface area contributed by atoms with Crippen molar-refractivity contribution in [3.05, 3.63) is 71.8 Å². The molecule has 2 aromatic carbocycles. The van der Waals surface area contributed by atoms with Gasteiger partial charge in [0.15, 0.2) is 0 Å². The van der Waals surface area contributed by atoms with Crippen LogP contribution in [0, 0.1) is 5.92 Å². The van der Waals surface area contributed by atoms with E-state index in [0.717, 1.165) is 6.54 Å². The zero-order valence-electron chi connectivity index (χ0n) is 15.4. The maximum absolute atomic E-state index is 12.9. The average molecular weight is 348 g/mol.